The molecule has 0 aliphatic carbocycles. The third-order valence-electron chi connectivity index (χ3n) is 3.74. The first-order valence-corrected chi connectivity index (χ1v) is 8.92. The highest BCUT2D eigenvalue weighted by atomic mass is 32.2. The molecule has 0 spiro atoms. The van der Waals surface area contributed by atoms with E-state index in [9.17, 15) is 8.42 Å². The number of nitrogens with zero attached hydrogens (tertiary/aromatic N) is 1. The molecule has 1 atom stereocenters. The Morgan fingerprint density at radius 2 is 1.65 bits per heavy atom. The van der Waals surface area contributed by atoms with E-state index in [4.69, 9.17) is 5.73 Å². The predicted molar refractivity (Wildman–Crippen MR) is 93.7 cm³/mol. The Kier molecular flexibility index (Phi) is 5.76. The number of nitrogens with one attached hydrogen (secondary N) is 1. The van der Waals surface area contributed by atoms with Gasteiger partial charge in [0.1, 0.15) is 0 Å². The molecule has 2 aromatic rings. The molecule has 0 aliphatic heterocycles. The average molecular weight is 333 g/mol. The first-order chi connectivity index (χ1) is 10.9. The van der Waals surface area contributed by atoms with Crippen molar-refractivity contribution in [3.63, 3.8) is 0 Å². The van der Waals surface area contributed by atoms with E-state index < -0.39 is 10.0 Å². The van der Waals surface area contributed by atoms with Crippen molar-refractivity contribution in [3.8, 4) is 0 Å². The van der Waals surface area contributed by atoms with E-state index in [0.29, 0.717) is 12.2 Å². The van der Waals surface area contributed by atoms with E-state index in [1.807, 2.05) is 49.3 Å². The number of benzene rings is 2. The number of nitrogens with two attached hydrogens (primary N) is 1. The molecule has 3 N–H and O–H groups in total. The van der Waals surface area contributed by atoms with E-state index >= 15 is 0 Å². The van der Waals surface area contributed by atoms with Crippen LogP contribution in [0.4, 0.5) is 5.69 Å². The minimum atomic E-state index is -3.53. The number of sulfonamides is 1. The quantitative estimate of drug-likeness (QED) is 0.757. The van der Waals surface area contributed by atoms with Crippen molar-refractivity contribution < 1.29 is 8.42 Å². The van der Waals surface area contributed by atoms with E-state index in [-0.39, 0.29) is 10.9 Å². The molecule has 5 nitrogen and oxygen atoms in total. The molecule has 0 unspecified atom stereocenters. The van der Waals surface area contributed by atoms with Gasteiger partial charge in [0, 0.05) is 18.3 Å². The van der Waals surface area contributed by atoms with Gasteiger partial charge in [-0.25, -0.2) is 13.1 Å². The second kappa shape index (κ2) is 7.59. The number of hydrogen-bond donors (Lipinski definition) is 2. The third-order valence-corrected chi connectivity index (χ3v) is 5.18. The Morgan fingerprint density at radius 3 is 2.22 bits per heavy atom. The van der Waals surface area contributed by atoms with Crippen molar-refractivity contribution in [2.24, 2.45) is 0 Å². The SMILES string of the molecule is CN(C)[C@H](CNS(=O)(=O)c1ccc(N)cc1)Cc1ccccc1. The number of hydrogen-bond acceptors (Lipinski definition) is 4. The summed E-state index contributed by atoms with van der Waals surface area (Å²) in [6.07, 6.45) is 0.776. The Labute approximate surface area is 138 Å². The molecular formula is C17H23N3O2S. The van der Waals surface area contributed by atoms with Crippen LogP contribution in [0.1, 0.15) is 5.56 Å². The lowest BCUT2D eigenvalue weighted by Crippen LogP contribution is -2.41. The standard InChI is InChI=1S/C17H23N3O2S/c1-20(2)16(12-14-6-4-3-5-7-14)13-19-23(21,22)17-10-8-15(18)9-11-17/h3-11,16,19H,12-13,18H2,1-2H3/t16-/m0/s1. The largest absolute Gasteiger partial charge is 0.399 e. The highest BCUT2D eigenvalue weighted by Gasteiger charge is 2.18. The fourth-order valence-corrected chi connectivity index (χ4v) is 3.33. The maximum Gasteiger partial charge on any atom is 0.240 e. The third kappa shape index (κ3) is 5.06. The first-order valence-electron chi connectivity index (χ1n) is 7.44. The van der Waals surface area contributed by atoms with Crippen LogP contribution in [0, 0.1) is 0 Å². The van der Waals surface area contributed by atoms with Crippen molar-refractivity contribution in [3.05, 3.63) is 60.2 Å². The summed E-state index contributed by atoms with van der Waals surface area (Å²) < 4.78 is 27.4. The minimum Gasteiger partial charge on any atom is -0.399 e. The molecule has 0 heterocycles. The molecular weight excluding hydrogens is 310 g/mol. The Balaban J connectivity index is 2.04. The van der Waals surface area contributed by atoms with Crippen molar-refractivity contribution in [1.29, 1.82) is 0 Å². The average Bonchev–Trinajstić information content (AvgIpc) is 2.52. The van der Waals surface area contributed by atoms with Gasteiger partial charge < -0.3 is 10.6 Å². The van der Waals surface area contributed by atoms with E-state index in [2.05, 4.69) is 4.72 Å². The monoisotopic (exact) mass is 333 g/mol. The fourth-order valence-electron chi connectivity index (χ4n) is 2.26. The van der Waals surface area contributed by atoms with Crippen molar-refractivity contribution in [2.45, 2.75) is 17.4 Å². The van der Waals surface area contributed by atoms with Gasteiger partial charge in [-0.1, -0.05) is 30.3 Å². The molecule has 6 heteroatoms. The van der Waals surface area contributed by atoms with Crippen LogP contribution >= 0.6 is 0 Å². The summed E-state index contributed by atoms with van der Waals surface area (Å²) in [4.78, 5) is 2.25. The van der Waals surface area contributed by atoms with Crippen LogP contribution in [-0.4, -0.2) is 40.0 Å². The number of anilines is 1. The molecule has 0 amide bonds. The second-order valence-corrected chi connectivity index (χ2v) is 7.50. The Morgan fingerprint density at radius 1 is 1.04 bits per heavy atom. The van der Waals surface area contributed by atoms with Gasteiger partial charge in [0.15, 0.2) is 0 Å². The van der Waals surface area contributed by atoms with Crippen molar-refractivity contribution in [1.82, 2.24) is 9.62 Å². The zero-order chi connectivity index (χ0) is 16.9. The summed E-state index contributed by atoms with van der Waals surface area (Å²) in [6, 6.07) is 16.3. The summed E-state index contributed by atoms with van der Waals surface area (Å²) in [5.41, 5.74) is 7.32. The summed E-state index contributed by atoms with van der Waals surface area (Å²) in [5.74, 6) is 0. The maximum atomic E-state index is 12.4. The molecule has 2 aromatic carbocycles. The van der Waals surface area contributed by atoms with Crippen LogP contribution in [0.15, 0.2) is 59.5 Å². The number of likely N-dealkylation sites (N-methyl/N-ethyl adjacent to an activating group) is 1. The lowest BCUT2D eigenvalue weighted by atomic mass is 10.1. The van der Waals surface area contributed by atoms with Crippen molar-refractivity contribution >= 4 is 15.7 Å². The molecule has 0 bridgehead atoms. The van der Waals surface area contributed by atoms with Gasteiger partial charge in [-0.15, -0.1) is 0 Å². The number of rotatable bonds is 7. The van der Waals surface area contributed by atoms with Gasteiger partial charge in [-0.3, -0.25) is 0 Å². The van der Waals surface area contributed by atoms with Crippen LogP contribution in [0.2, 0.25) is 0 Å². The van der Waals surface area contributed by atoms with E-state index in [1.54, 1.807) is 12.1 Å². The minimum absolute atomic E-state index is 0.0703. The van der Waals surface area contributed by atoms with Gasteiger partial charge in [-0.2, -0.15) is 0 Å². The molecule has 0 radical (unpaired) electrons. The van der Waals surface area contributed by atoms with Gasteiger partial charge in [-0.05, 0) is 50.3 Å². The van der Waals surface area contributed by atoms with Crippen LogP contribution in [0.3, 0.4) is 0 Å². The number of nitrogen functional groups attached to an aromatic ring is 1. The summed E-state index contributed by atoms with van der Waals surface area (Å²) in [7, 11) is 0.369. The summed E-state index contributed by atoms with van der Waals surface area (Å²) >= 11 is 0. The van der Waals surface area contributed by atoms with E-state index in [1.165, 1.54) is 17.7 Å². The molecule has 124 valence electrons. The highest BCUT2D eigenvalue weighted by Crippen LogP contribution is 2.12. The van der Waals surface area contributed by atoms with Gasteiger partial charge in [0.2, 0.25) is 10.0 Å². The fraction of sp³-hybridized carbons (Fsp3) is 0.294. The van der Waals surface area contributed by atoms with Crippen LogP contribution in [-0.2, 0) is 16.4 Å². The Bertz CT molecular complexity index is 713. The predicted octanol–water partition coefficient (Wildman–Crippen LogP) is 1.72. The topological polar surface area (TPSA) is 75.4 Å². The molecule has 0 aromatic heterocycles. The smallest absolute Gasteiger partial charge is 0.240 e. The van der Waals surface area contributed by atoms with Gasteiger partial charge >= 0.3 is 0 Å². The maximum absolute atomic E-state index is 12.4. The molecule has 0 saturated heterocycles. The normalized spacial score (nSPS) is 13.2. The van der Waals surface area contributed by atoms with Crippen LogP contribution < -0.4 is 10.5 Å². The lowest BCUT2D eigenvalue weighted by molar-refractivity contribution is 0.291. The Hall–Kier alpha value is -1.89. The van der Waals surface area contributed by atoms with Crippen molar-refractivity contribution in [2.75, 3.05) is 26.4 Å². The van der Waals surface area contributed by atoms with Crippen LogP contribution in [0.25, 0.3) is 0 Å². The second-order valence-electron chi connectivity index (χ2n) is 5.73. The molecule has 2 rings (SSSR count). The molecule has 0 aliphatic rings. The summed E-state index contributed by atoms with van der Waals surface area (Å²) in [6.45, 7) is 0.342. The highest BCUT2D eigenvalue weighted by molar-refractivity contribution is 7.89. The molecule has 23 heavy (non-hydrogen) atoms. The first kappa shape index (κ1) is 17.5. The van der Waals surface area contributed by atoms with E-state index in [0.717, 1.165) is 6.42 Å². The zero-order valence-corrected chi connectivity index (χ0v) is 14.3. The zero-order valence-electron chi connectivity index (χ0n) is 13.4. The lowest BCUT2D eigenvalue weighted by Gasteiger charge is -2.24. The summed E-state index contributed by atoms with van der Waals surface area (Å²) in [5, 5.41) is 0. The molecule has 0 fully saturated rings. The molecule has 0 saturated carbocycles. The van der Waals surface area contributed by atoms with Crippen LogP contribution in [0.5, 0.6) is 0 Å². The van der Waals surface area contributed by atoms with Gasteiger partial charge in [0.25, 0.3) is 0 Å². The van der Waals surface area contributed by atoms with Gasteiger partial charge in [0.05, 0.1) is 4.90 Å².